The Labute approximate surface area is 134 Å². The standard InChI is InChI=1S/C18H21NO4/c1-18(2,10-17(21)22)9-16(20)19-8-7-15-13(11-19)12-5-3-4-6-14(12)23-15/h3-6H,7-11H2,1-2H3,(H,21,22). The summed E-state index contributed by atoms with van der Waals surface area (Å²) >= 11 is 0. The Morgan fingerprint density at radius 2 is 2.00 bits per heavy atom. The molecule has 0 atom stereocenters. The normalized spacial score (nSPS) is 14.8. The van der Waals surface area contributed by atoms with Gasteiger partial charge in [0, 0.05) is 36.9 Å². The SMILES string of the molecule is CC(C)(CC(=O)O)CC(=O)N1CCc2oc3ccccc3c2C1. The number of rotatable bonds is 4. The minimum absolute atomic E-state index is 0.00665. The number of carbonyl (C=O) groups is 2. The molecule has 1 amide bonds. The van der Waals surface area contributed by atoms with Crippen LogP contribution in [0.1, 0.15) is 38.0 Å². The molecule has 0 saturated carbocycles. The van der Waals surface area contributed by atoms with E-state index in [-0.39, 0.29) is 18.7 Å². The molecule has 0 unspecified atom stereocenters. The van der Waals surface area contributed by atoms with Crippen LogP contribution in [0.3, 0.4) is 0 Å². The van der Waals surface area contributed by atoms with Gasteiger partial charge in [0.1, 0.15) is 11.3 Å². The van der Waals surface area contributed by atoms with Gasteiger partial charge in [-0.3, -0.25) is 9.59 Å². The molecule has 0 spiro atoms. The number of amides is 1. The number of hydrogen-bond donors (Lipinski definition) is 1. The number of para-hydroxylation sites is 1. The molecule has 2 heterocycles. The first-order chi connectivity index (χ1) is 10.9. The van der Waals surface area contributed by atoms with Crippen LogP contribution >= 0.6 is 0 Å². The Morgan fingerprint density at radius 3 is 2.74 bits per heavy atom. The molecule has 2 aromatic rings. The molecule has 1 aromatic carbocycles. The highest BCUT2D eigenvalue weighted by Crippen LogP contribution is 2.32. The molecule has 0 fully saturated rings. The van der Waals surface area contributed by atoms with Gasteiger partial charge in [0.15, 0.2) is 0 Å². The summed E-state index contributed by atoms with van der Waals surface area (Å²) in [5.41, 5.74) is 1.40. The molecule has 0 aliphatic carbocycles. The van der Waals surface area contributed by atoms with Gasteiger partial charge < -0.3 is 14.4 Å². The number of hydrogen-bond acceptors (Lipinski definition) is 3. The van der Waals surface area contributed by atoms with E-state index >= 15 is 0 Å². The smallest absolute Gasteiger partial charge is 0.303 e. The number of fused-ring (bicyclic) bond motifs is 3. The van der Waals surface area contributed by atoms with Crippen molar-refractivity contribution in [3.8, 4) is 0 Å². The van der Waals surface area contributed by atoms with E-state index in [2.05, 4.69) is 0 Å². The van der Waals surface area contributed by atoms with E-state index in [1.54, 1.807) is 0 Å². The lowest BCUT2D eigenvalue weighted by Gasteiger charge is -2.30. The average molecular weight is 315 g/mol. The number of nitrogens with zero attached hydrogens (tertiary/aromatic N) is 1. The zero-order valence-corrected chi connectivity index (χ0v) is 13.5. The minimum Gasteiger partial charge on any atom is -0.481 e. The number of aliphatic carboxylic acids is 1. The van der Waals surface area contributed by atoms with Crippen LogP contribution < -0.4 is 0 Å². The number of carbonyl (C=O) groups excluding carboxylic acids is 1. The monoisotopic (exact) mass is 315 g/mol. The second kappa shape index (κ2) is 5.72. The molecule has 1 aromatic heterocycles. The van der Waals surface area contributed by atoms with Crippen molar-refractivity contribution in [2.45, 2.75) is 39.7 Å². The summed E-state index contributed by atoms with van der Waals surface area (Å²) in [4.78, 5) is 25.3. The van der Waals surface area contributed by atoms with Gasteiger partial charge in [0.2, 0.25) is 5.91 Å². The van der Waals surface area contributed by atoms with Crippen molar-refractivity contribution in [1.82, 2.24) is 4.90 Å². The predicted molar refractivity (Wildman–Crippen MR) is 86.0 cm³/mol. The molecule has 0 radical (unpaired) electrons. The van der Waals surface area contributed by atoms with E-state index in [1.807, 2.05) is 43.0 Å². The summed E-state index contributed by atoms with van der Waals surface area (Å²) in [6, 6.07) is 7.86. The van der Waals surface area contributed by atoms with Gasteiger partial charge in [-0.1, -0.05) is 32.0 Å². The number of carboxylic acids is 1. The Bertz CT molecular complexity index is 759. The average Bonchev–Trinajstić information content (AvgIpc) is 2.82. The first kappa shape index (κ1) is 15.6. The zero-order valence-electron chi connectivity index (χ0n) is 13.5. The predicted octanol–water partition coefficient (Wildman–Crippen LogP) is 3.21. The van der Waals surface area contributed by atoms with E-state index in [9.17, 15) is 9.59 Å². The van der Waals surface area contributed by atoms with Gasteiger partial charge >= 0.3 is 5.97 Å². The third-order valence-electron chi connectivity index (χ3n) is 4.35. The fourth-order valence-corrected chi connectivity index (χ4v) is 3.24. The molecule has 1 aliphatic rings. The fourth-order valence-electron chi connectivity index (χ4n) is 3.24. The lowest BCUT2D eigenvalue weighted by atomic mass is 9.85. The highest BCUT2D eigenvalue weighted by atomic mass is 16.4. The summed E-state index contributed by atoms with van der Waals surface area (Å²) in [5.74, 6) is 0.0942. The van der Waals surface area contributed by atoms with Gasteiger partial charge in [-0.05, 0) is 11.5 Å². The lowest BCUT2D eigenvalue weighted by Crippen LogP contribution is -2.38. The molecule has 0 bridgehead atoms. The van der Waals surface area contributed by atoms with Crippen LogP contribution in [-0.4, -0.2) is 28.4 Å². The minimum atomic E-state index is -0.871. The van der Waals surface area contributed by atoms with Crippen LogP contribution in [0.25, 0.3) is 11.0 Å². The van der Waals surface area contributed by atoms with E-state index < -0.39 is 11.4 Å². The summed E-state index contributed by atoms with van der Waals surface area (Å²) < 4.78 is 5.86. The Balaban J connectivity index is 1.76. The van der Waals surface area contributed by atoms with Crippen LogP contribution in [0.2, 0.25) is 0 Å². The molecule has 122 valence electrons. The second-order valence-corrected chi connectivity index (χ2v) is 6.98. The first-order valence-electron chi connectivity index (χ1n) is 7.84. The second-order valence-electron chi connectivity index (χ2n) is 6.98. The first-order valence-corrected chi connectivity index (χ1v) is 7.84. The van der Waals surface area contributed by atoms with E-state index in [0.717, 1.165) is 22.3 Å². The van der Waals surface area contributed by atoms with Crippen LogP contribution in [0.5, 0.6) is 0 Å². The van der Waals surface area contributed by atoms with Crippen molar-refractivity contribution < 1.29 is 19.1 Å². The third kappa shape index (κ3) is 3.23. The van der Waals surface area contributed by atoms with Gasteiger partial charge in [0.25, 0.3) is 0 Å². The third-order valence-corrected chi connectivity index (χ3v) is 4.35. The molecule has 1 aliphatic heterocycles. The number of carboxylic acid groups (broad SMARTS) is 1. The van der Waals surface area contributed by atoms with Gasteiger partial charge in [-0.15, -0.1) is 0 Å². The van der Waals surface area contributed by atoms with Gasteiger partial charge in [-0.2, -0.15) is 0 Å². The maximum Gasteiger partial charge on any atom is 0.303 e. The zero-order chi connectivity index (χ0) is 16.6. The summed E-state index contributed by atoms with van der Waals surface area (Å²) in [5, 5.41) is 10.0. The summed E-state index contributed by atoms with van der Waals surface area (Å²) in [6.45, 7) is 4.80. The van der Waals surface area contributed by atoms with E-state index in [1.165, 1.54) is 0 Å². The summed E-state index contributed by atoms with van der Waals surface area (Å²) in [7, 11) is 0. The van der Waals surface area contributed by atoms with Gasteiger partial charge in [0.05, 0.1) is 6.42 Å². The Hall–Kier alpha value is -2.30. The maximum absolute atomic E-state index is 12.6. The Morgan fingerprint density at radius 1 is 1.26 bits per heavy atom. The number of furan rings is 1. The van der Waals surface area contributed by atoms with Crippen molar-refractivity contribution >= 4 is 22.8 Å². The van der Waals surface area contributed by atoms with Crippen molar-refractivity contribution in [3.63, 3.8) is 0 Å². The van der Waals surface area contributed by atoms with Crippen LogP contribution in [-0.2, 0) is 22.6 Å². The van der Waals surface area contributed by atoms with Gasteiger partial charge in [-0.25, -0.2) is 0 Å². The largest absolute Gasteiger partial charge is 0.481 e. The van der Waals surface area contributed by atoms with E-state index in [0.29, 0.717) is 19.5 Å². The highest BCUT2D eigenvalue weighted by molar-refractivity contribution is 5.84. The quantitative estimate of drug-likeness (QED) is 0.940. The molecule has 5 nitrogen and oxygen atoms in total. The number of benzene rings is 1. The summed E-state index contributed by atoms with van der Waals surface area (Å²) in [6.07, 6.45) is 0.937. The Kier molecular flexibility index (Phi) is 3.88. The fraction of sp³-hybridized carbons (Fsp3) is 0.444. The van der Waals surface area contributed by atoms with Crippen LogP contribution in [0, 0.1) is 5.41 Å². The highest BCUT2D eigenvalue weighted by Gasteiger charge is 2.30. The van der Waals surface area contributed by atoms with Crippen molar-refractivity contribution in [3.05, 3.63) is 35.6 Å². The van der Waals surface area contributed by atoms with Crippen molar-refractivity contribution in [2.75, 3.05) is 6.54 Å². The molecule has 5 heteroatoms. The van der Waals surface area contributed by atoms with Crippen LogP contribution in [0.15, 0.2) is 28.7 Å². The molecule has 1 N–H and O–H groups in total. The topological polar surface area (TPSA) is 70.8 Å². The van der Waals surface area contributed by atoms with Crippen molar-refractivity contribution in [1.29, 1.82) is 0 Å². The maximum atomic E-state index is 12.6. The molecule has 3 rings (SSSR count). The molecule has 0 saturated heterocycles. The lowest BCUT2D eigenvalue weighted by molar-refractivity contribution is -0.141. The molecule has 23 heavy (non-hydrogen) atoms. The van der Waals surface area contributed by atoms with Crippen molar-refractivity contribution in [2.24, 2.45) is 5.41 Å². The van der Waals surface area contributed by atoms with Crippen LogP contribution in [0.4, 0.5) is 0 Å². The molecular formula is C18H21NO4. The molecular weight excluding hydrogens is 294 g/mol. The van der Waals surface area contributed by atoms with E-state index in [4.69, 9.17) is 9.52 Å².